The molecule has 1 aliphatic rings. The van der Waals surface area contributed by atoms with Gasteiger partial charge in [0.05, 0.1) is 6.21 Å². The molecular weight excluding hydrogens is 302 g/mol. The lowest BCUT2D eigenvalue weighted by molar-refractivity contribution is 0.215. The predicted octanol–water partition coefficient (Wildman–Crippen LogP) is 1.67. The Morgan fingerprint density at radius 2 is 1.54 bits per heavy atom. The first-order chi connectivity index (χ1) is 11.7. The zero-order chi connectivity index (χ0) is 19.0. The lowest BCUT2D eigenvalue weighted by Crippen LogP contribution is -2.10. The average molecular weight is 335 g/mol. The van der Waals surface area contributed by atoms with E-state index < -0.39 is 0 Å². The van der Waals surface area contributed by atoms with Gasteiger partial charge in [0, 0.05) is 31.3 Å². The van der Waals surface area contributed by atoms with E-state index in [1.807, 2.05) is 14.1 Å². The number of nitrogens with two attached hydrogens (primary N) is 3. The topological polar surface area (TPSA) is 103 Å². The number of nitrogens with zero attached hydrogens (tertiary/aromatic N) is 2. The maximum Gasteiger partial charge on any atom is 0.106 e. The van der Waals surface area contributed by atoms with E-state index in [9.17, 15) is 0 Å². The first-order valence-electron chi connectivity index (χ1n) is 7.68. The van der Waals surface area contributed by atoms with E-state index in [0.717, 1.165) is 11.3 Å². The van der Waals surface area contributed by atoms with Gasteiger partial charge in [0.15, 0.2) is 0 Å². The van der Waals surface area contributed by atoms with Gasteiger partial charge in [-0.05, 0) is 38.8 Å². The van der Waals surface area contributed by atoms with Gasteiger partial charge in [0.1, 0.15) is 7.11 Å². The van der Waals surface area contributed by atoms with Gasteiger partial charge in [-0.3, -0.25) is 0 Å². The van der Waals surface area contributed by atoms with Crippen LogP contribution in [0.4, 0.5) is 5.69 Å². The third-order valence-corrected chi connectivity index (χ3v) is 2.99. The summed E-state index contributed by atoms with van der Waals surface area (Å²) in [4.78, 5) is 6.86. The average Bonchev–Trinajstić information content (AvgIpc) is 3.19. The number of rotatable bonds is 4. The van der Waals surface area contributed by atoms with Crippen molar-refractivity contribution in [3.63, 3.8) is 0 Å². The molecule has 1 aliphatic carbocycles. The van der Waals surface area contributed by atoms with E-state index in [4.69, 9.17) is 4.84 Å². The van der Waals surface area contributed by atoms with Gasteiger partial charge in [-0.25, -0.2) is 0 Å². The first-order valence-corrected chi connectivity index (χ1v) is 7.68. The molecule has 136 valence electrons. The van der Waals surface area contributed by atoms with Crippen LogP contribution in [0.15, 0.2) is 47.7 Å². The van der Waals surface area contributed by atoms with Crippen LogP contribution in [0, 0.1) is 0 Å². The van der Waals surface area contributed by atoms with Crippen molar-refractivity contribution in [2.75, 3.05) is 47.2 Å². The molecule has 1 aromatic rings. The van der Waals surface area contributed by atoms with Crippen LogP contribution < -0.4 is 22.1 Å². The molecule has 6 N–H and O–H groups in total. The molecule has 0 saturated heterocycles. The molecule has 0 atom stereocenters. The zero-order valence-corrected chi connectivity index (χ0v) is 15.7. The van der Waals surface area contributed by atoms with Crippen LogP contribution in [0.2, 0.25) is 0 Å². The molecule has 0 unspecified atom stereocenters. The van der Waals surface area contributed by atoms with Gasteiger partial charge in [-0.15, -0.1) is 0 Å². The fourth-order valence-electron chi connectivity index (χ4n) is 2.00. The molecule has 0 heterocycles. The minimum Gasteiger partial charge on any atom is -0.399 e. The summed E-state index contributed by atoms with van der Waals surface area (Å²) >= 11 is 0. The third kappa shape index (κ3) is 7.92. The molecule has 0 aromatic heterocycles. The van der Waals surface area contributed by atoms with Crippen LogP contribution in [0.1, 0.15) is 17.0 Å². The summed E-state index contributed by atoms with van der Waals surface area (Å²) < 4.78 is 0. The lowest BCUT2D eigenvalue weighted by Gasteiger charge is -2.16. The molecule has 0 bridgehead atoms. The molecule has 0 radical (unpaired) electrons. The smallest absolute Gasteiger partial charge is 0.106 e. The van der Waals surface area contributed by atoms with E-state index in [2.05, 4.69) is 69.8 Å². The molecular formula is C18H33N5O. The second kappa shape index (κ2) is 15.7. The third-order valence-electron chi connectivity index (χ3n) is 2.99. The number of anilines is 1. The first kappa shape index (κ1) is 24.1. The predicted molar refractivity (Wildman–Crippen MR) is 107 cm³/mol. The van der Waals surface area contributed by atoms with Gasteiger partial charge in [-0.2, -0.15) is 0 Å². The van der Waals surface area contributed by atoms with E-state index in [1.165, 1.54) is 26.7 Å². The Kier molecular flexibility index (Phi) is 15.8. The zero-order valence-electron chi connectivity index (χ0n) is 15.7. The van der Waals surface area contributed by atoms with Gasteiger partial charge in [0.25, 0.3) is 0 Å². The van der Waals surface area contributed by atoms with Crippen molar-refractivity contribution in [1.82, 2.24) is 0 Å². The molecule has 1 aromatic carbocycles. The normalized spacial score (nSPS) is 11.7. The van der Waals surface area contributed by atoms with Crippen LogP contribution in [0.3, 0.4) is 0 Å². The summed E-state index contributed by atoms with van der Waals surface area (Å²) in [5, 5.41) is 3.88. The highest BCUT2D eigenvalue weighted by atomic mass is 16.6. The lowest BCUT2D eigenvalue weighted by atomic mass is 9.95. The van der Waals surface area contributed by atoms with Gasteiger partial charge in [0.2, 0.25) is 0 Å². The summed E-state index contributed by atoms with van der Waals surface area (Å²) in [5.41, 5.74) is 17.0. The molecule has 6 nitrogen and oxygen atoms in total. The minimum absolute atomic E-state index is 0.333. The Labute approximate surface area is 146 Å². The second-order valence-corrected chi connectivity index (χ2v) is 4.42. The van der Waals surface area contributed by atoms with E-state index in [0.29, 0.717) is 5.92 Å². The fourth-order valence-corrected chi connectivity index (χ4v) is 2.00. The number of allylic oxidation sites excluding steroid dienone is 4. The van der Waals surface area contributed by atoms with Crippen molar-refractivity contribution in [2.45, 2.75) is 5.92 Å². The van der Waals surface area contributed by atoms with Crippen molar-refractivity contribution in [1.29, 1.82) is 0 Å². The Morgan fingerprint density at radius 1 is 1.00 bits per heavy atom. The van der Waals surface area contributed by atoms with Crippen LogP contribution in [0.25, 0.3) is 0 Å². The van der Waals surface area contributed by atoms with Gasteiger partial charge in [-0.1, -0.05) is 35.5 Å². The van der Waals surface area contributed by atoms with Crippen molar-refractivity contribution < 1.29 is 4.84 Å². The number of oxime groups is 1. The number of hydrogen-bond acceptors (Lipinski definition) is 6. The summed E-state index contributed by atoms with van der Waals surface area (Å²) in [6, 6.07) is 6.40. The summed E-state index contributed by atoms with van der Waals surface area (Å²) in [6.07, 6.45) is 10.3. The molecule has 6 heteroatoms. The van der Waals surface area contributed by atoms with Gasteiger partial charge < -0.3 is 26.9 Å². The highest BCUT2D eigenvalue weighted by Crippen LogP contribution is 2.28. The quantitative estimate of drug-likeness (QED) is 0.574. The van der Waals surface area contributed by atoms with Crippen LogP contribution >= 0.6 is 0 Å². The summed E-state index contributed by atoms with van der Waals surface area (Å²) in [6.45, 7) is 0. The SMILES string of the molecule is CN.CN.CN.CON=Cc1cc(N(C)C)ccc1C1C=CC=C1. The molecule has 24 heavy (non-hydrogen) atoms. The maximum atomic E-state index is 4.78. The van der Waals surface area contributed by atoms with Crippen molar-refractivity contribution >= 4 is 11.9 Å². The summed E-state index contributed by atoms with van der Waals surface area (Å²) in [5.74, 6) is 0.333. The van der Waals surface area contributed by atoms with Gasteiger partial charge >= 0.3 is 0 Å². The van der Waals surface area contributed by atoms with Crippen LogP contribution in [-0.2, 0) is 4.84 Å². The summed E-state index contributed by atoms with van der Waals surface area (Å²) in [7, 11) is 10.1. The standard InChI is InChI=1S/C15H18N2O.3CH5N/c1-17(2)14-8-9-15(12-6-4-5-7-12)13(10-14)11-16-18-3;3*1-2/h4-12H,1-3H3;3*2H2,1H3. The Hall–Kier alpha value is -2.15. The van der Waals surface area contributed by atoms with Crippen LogP contribution in [-0.4, -0.2) is 48.6 Å². The molecule has 0 spiro atoms. The van der Waals surface area contributed by atoms with Crippen molar-refractivity contribution in [3.8, 4) is 0 Å². The highest BCUT2D eigenvalue weighted by Gasteiger charge is 2.12. The maximum absolute atomic E-state index is 4.78. The second-order valence-electron chi connectivity index (χ2n) is 4.42. The monoisotopic (exact) mass is 335 g/mol. The molecule has 0 saturated carbocycles. The van der Waals surface area contributed by atoms with E-state index in [1.54, 1.807) is 13.3 Å². The molecule has 0 aliphatic heterocycles. The van der Waals surface area contributed by atoms with E-state index >= 15 is 0 Å². The Morgan fingerprint density at radius 3 is 2.00 bits per heavy atom. The Bertz CT molecular complexity index is 498. The minimum atomic E-state index is 0.333. The molecule has 0 fully saturated rings. The molecule has 2 rings (SSSR count). The van der Waals surface area contributed by atoms with E-state index in [-0.39, 0.29) is 0 Å². The Balaban J connectivity index is 0. The van der Waals surface area contributed by atoms with Crippen molar-refractivity contribution in [3.05, 3.63) is 53.6 Å². The van der Waals surface area contributed by atoms with Crippen LogP contribution in [0.5, 0.6) is 0 Å². The van der Waals surface area contributed by atoms with Crippen molar-refractivity contribution in [2.24, 2.45) is 22.4 Å². The number of benzene rings is 1. The molecule has 0 amide bonds. The largest absolute Gasteiger partial charge is 0.399 e. The number of hydrogen-bond donors (Lipinski definition) is 3. The fraction of sp³-hybridized carbons (Fsp3) is 0.389. The highest BCUT2D eigenvalue weighted by molar-refractivity contribution is 5.84.